The number of rotatable bonds is 5. The van der Waals surface area contributed by atoms with Gasteiger partial charge in [0.05, 0.1) is 12.3 Å². The van der Waals surface area contributed by atoms with E-state index in [0.29, 0.717) is 5.88 Å². The quantitative estimate of drug-likeness (QED) is 0.792. The van der Waals surface area contributed by atoms with Gasteiger partial charge >= 0.3 is 0 Å². The molecular weight excluding hydrogens is 214 g/mol. The van der Waals surface area contributed by atoms with Crippen LogP contribution in [0.3, 0.4) is 0 Å². The average molecular weight is 235 g/mol. The molecule has 0 aromatic carbocycles. The molecular formula is C13H21N3O. The van der Waals surface area contributed by atoms with Gasteiger partial charge in [0.25, 0.3) is 0 Å². The van der Waals surface area contributed by atoms with E-state index in [4.69, 9.17) is 4.74 Å². The maximum Gasteiger partial charge on any atom is 0.235 e. The number of hydrogen-bond acceptors (Lipinski definition) is 4. The highest BCUT2D eigenvalue weighted by Gasteiger charge is 2.12. The Balaban J connectivity index is 1.64. The molecule has 2 rings (SSSR count). The van der Waals surface area contributed by atoms with Gasteiger partial charge in [-0.05, 0) is 51.6 Å². The molecule has 0 aliphatic carbocycles. The first-order valence-electron chi connectivity index (χ1n) is 6.47. The van der Waals surface area contributed by atoms with Crippen molar-refractivity contribution >= 4 is 0 Å². The Labute approximate surface area is 103 Å². The molecule has 4 heteroatoms. The molecule has 1 aliphatic heterocycles. The number of aromatic nitrogens is 2. The maximum atomic E-state index is 5.63. The van der Waals surface area contributed by atoms with E-state index in [0.717, 1.165) is 24.6 Å². The van der Waals surface area contributed by atoms with E-state index in [-0.39, 0.29) is 0 Å². The molecule has 1 fully saturated rings. The highest BCUT2D eigenvalue weighted by atomic mass is 16.5. The van der Waals surface area contributed by atoms with Gasteiger partial charge in [0.2, 0.25) is 5.88 Å². The Kier molecular flexibility index (Phi) is 4.74. The molecule has 0 amide bonds. The average Bonchev–Trinajstić information content (AvgIpc) is 2.38. The van der Waals surface area contributed by atoms with Gasteiger partial charge in [0.15, 0.2) is 0 Å². The number of aryl methyl sites for hydroxylation is 1. The molecule has 0 bridgehead atoms. The van der Waals surface area contributed by atoms with Gasteiger partial charge in [-0.15, -0.1) is 0 Å². The first-order valence-corrected chi connectivity index (χ1v) is 6.47. The molecule has 0 unspecified atom stereocenters. The first kappa shape index (κ1) is 12.3. The smallest absolute Gasteiger partial charge is 0.235 e. The summed E-state index contributed by atoms with van der Waals surface area (Å²) in [5.41, 5.74) is 0.867. The lowest BCUT2D eigenvalue weighted by Crippen LogP contribution is -2.29. The normalized spacial score (nSPS) is 20.2. The number of nitrogens with zero attached hydrogens (tertiary/aromatic N) is 2. The van der Waals surface area contributed by atoms with Crippen molar-refractivity contribution in [2.24, 2.45) is 5.92 Å². The Hall–Kier alpha value is -1.16. The molecule has 0 radical (unpaired) electrons. The highest BCUT2D eigenvalue weighted by molar-refractivity contribution is 5.14. The second kappa shape index (κ2) is 6.55. The highest BCUT2D eigenvalue weighted by Crippen LogP contribution is 2.16. The summed E-state index contributed by atoms with van der Waals surface area (Å²) in [5, 5.41) is 3.44. The standard InChI is InChI=1S/C13H21N3O/c1-11-13(16-8-7-15-11)17-9-3-5-12-4-2-6-14-10-12/h7-8,12,14H,2-6,9-10H2,1H3/t12-/m0/s1. The van der Waals surface area contributed by atoms with Gasteiger partial charge < -0.3 is 10.1 Å². The predicted molar refractivity (Wildman–Crippen MR) is 67.1 cm³/mol. The Bertz CT molecular complexity index is 337. The van der Waals surface area contributed by atoms with E-state index in [2.05, 4.69) is 15.3 Å². The lowest BCUT2D eigenvalue weighted by molar-refractivity contribution is 0.265. The number of piperidine rings is 1. The van der Waals surface area contributed by atoms with Gasteiger partial charge in [0, 0.05) is 12.4 Å². The van der Waals surface area contributed by atoms with Crippen LogP contribution in [0.1, 0.15) is 31.4 Å². The summed E-state index contributed by atoms with van der Waals surface area (Å²) in [5.74, 6) is 1.50. The minimum atomic E-state index is 0.675. The fourth-order valence-electron chi connectivity index (χ4n) is 2.25. The molecule has 4 nitrogen and oxygen atoms in total. The summed E-state index contributed by atoms with van der Waals surface area (Å²) >= 11 is 0. The SMILES string of the molecule is Cc1nccnc1OCCC[C@@H]1CCCNC1. The Morgan fingerprint density at radius 2 is 2.29 bits per heavy atom. The zero-order valence-electron chi connectivity index (χ0n) is 10.5. The van der Waals surface area contributed by atoms with Crippen molar-refractivity contribution in [2.75, 3.05) is 19.7 Å². The van der Waals surface area contributed by atoms with Gasteiger partial charge in [-0.3, -0.25) is 4.98 Å². The number of nitrogens with one attached hydrogen (secondary N) is 1. The van der Waals surface area contributed by atoms with Crippen molar-refractivity contribution < 1.29 is 4.74 Å². The van der Waals surface area contributed by atoms with Crippen molar-refractivity contribution in [1.82, 2.24) is 15.3 Å². The third kappa shape index (κ3) is 3.97. The number of hydrogen-bond donors (Lipinski definition) is 1. The second-order valence-corrected chi connectivity index (χ2v) is 4.65. The topological polar surface area (TPSA) is 47.0 Å². The molecule has 1 atom stereocenters. The van der Waals surface area contributed by atoms with Gasteiger partial charge in [-0.25, -0.2) is 4.98 Å². The zero-order chi connectivity index (χ0) is 11.9. The monoisotopic (exact) mass is 235 g/mol. The summed E-state index contributed by atoms with van der Waals surface area (Å²) in [4.78, 5) is 8.32. The molecule has 2 heterocycles. The van der Waals surface area contributed by atoms with Crippen molar-refractivity contribution in [3.05, 3.63) is 18.1 Å². The summed E-state index contributed by atoms with van der Waals surface area (Å²) < 4.78 is 5.63. The van der Waals surface area contributed by atoms with Gasteiger partial charge in [-0.2, -0.15) is 0 Å². The van der Waals surface area contributed by atoms with Crippen LogP contribution in [-0.4, -0.2) is 29.7 Å². The van der Waals surface area contributed by atoms with Gasteiger partial charge in [0.1, 0.15) is 0 Å². The van der Waals surface area contributed by atoms with E-state index >= 15 is 0 Å². The van der Waals surface area contributed by atoms with Crippen LogP contribution in [0.4, 0.5) is 0 Å². The van der Waals surface area contributed by atoms with Crippen LogP contribution in [0.5, 0.6) is 5.88 Å². The van der Waals surface area contributed by atoms with E-state index in [9.17, 15) is 0 Å². The molecule has 0 saturated carbocycles. The van der Waals surface area contributed by atoms with Crippen molar-refractivity contribution in [3.63, 3.8) is 0 Å². The van der Waals surface area contributed by atoms with Crippen LogP contribution in [0.15, 0.2) is 12.4 Å². The van der Waals surface area contributed by atoms with Gasteiger partial charge in [-0.1, -0.05) is 0 Å². The molecule has 1 aliphatic rings. The minimum Gasteiger partial charge on any atom is -0.476 e. The molecule has 94 valence electrons. The molecule has 0 spiro atoms. The molecule has 1 N–H and O–H groups in total. The van der Waals surface area contributed by atoms with Crippen LogP contribution < -0.4 is 10.1 Å². The van der Waals surface area contributed by atoms with Crippen molar-refractivity contribution in [2.45, 2.75) is 32.6 Å². The van der Waals surface area contributed by atoms with E-state index < -0.39 is 0 Å². The summed E-state index contributed by atoms with van der Waals surface area (Å²) in [7, 11) is 0. The summed E-state index contributed by atoms with van der Waals surface area (Å²) in [6.45, 7) is 5.03. The summed E-state index contributed by atoms with van der Waals surface area (Å²) in [6.07, 6.45) is 8.38. The van der Waals surface area contributed by atoms with Crippen LogP contribution in [0, 0.1) is 12.8 Å². The largest absolute Gasteiger partial charge is 0.476 e. The van der Waals surface area contributed by atoms with E-state index in [1.165, 1.54) is 32.4 Å². The predicted octanol–water partition coefficient (Wildman–Crippen LogP) is 1.94. The van der Waals surface area contributed by atoms with Crippen LogP contribution in [-0.2, 0) is 0 Å². The fourth-order valence-corrected chi connectivity index (χ4v) is 2.25. The third-order valence-corrected chi connectivity index (χ3v) is 3.23. The Morgan fingerprint density at radius 1 is 1.41 bits per heavy atom. The van der Waals surface area contributed by atoms with Crippen LogP contribution >= 0.6 is 0 Å². The molecule has 17 heavy (non-hydrogen) atoms. The van der Waals surface area contributed by atoms with Crippen molar-refractivity contribution in [1.29, 1.82) is 0 Å². The van der Waals surface area contributed by atoms with E-state index in [1.807, 2.05) is 6.92 Å². The lowest BCUT2D eigenvalue weighted by Gasteiger charge is -2.22. The van der Waals surface area contributed by atoms with Crippen LogP contribution in [0.2, 0.25) is 0 Å². The summed E-state index contributed by atoms with van der Waals surface area (Å²) in [6, 6.07) is 0. The minimum absolute atomic E-state index is 0.675. The third-order valence-electron chi connectivity index (χ3n) is 3.23. The molecule has 1 aromatic rings. The second-order valence-electron chi connectivity index (χ2n) is 4.65. The van der Waals surface area contributed by atoms with Crippen molar-refractivity contribution in [3.8, 4) is 5.88 Å². The maximum absolute atomic E-state index is 5.63. The lowest BCUT2D eigenvalue weighted by atomic mass is 9.95. The fraction of sp³-hybridized carbons (Fsp3) is 0.692. The molecule has 1 saturated heterocycles. The number of ether oxygens (including phenoxy) is 1. The van der Waals surface area contributed by atoms with Crippen LogP contribution in [0.25, 0.3) is 0 Å². The van der Waals surface area contributed by atoms with E-state index in [1.54, 1.807) is 12.4 Å². The Morgan fingerprint density at radius 3 is 3.06 bits per heavy atom. The molecule has 1 aromatic heterocycles. The first-order chi connectivity index (χ1) is 8.36. The zero-order valence-corrected chi connectivity index (χ0v) is 10.5.